The molecule has 0 unspecified atom stereocenters. The van der Waals surface area contributed by atoms with Crippen molar-refractivity contribution in [3.8, 4) is 6.07 Å². The minimum Gasteiger partial charge on any atom is -0.198 e. The molecule has 0 saturated carbocycles. The number of hydrogen-bond acceptors (Lipinski definition) is 1. The molecule has 1 heteroatoms. The molecule has 0 amide bonds. The molecule has 0 spiro atoms. The Morgan fingerprint density at radius 3 is 2.80 bits per heavy atom. The number of rotatable bonds is 0. The van der Waals surface area contributed by atoms with Crippen LogP contribution >= 0.6 is 0 Å². The van der Waals surface area contributed by atoms with E-state index in [1.54, 1.807) is 0 Å². The second kappa shape index (κ2) is 2.46. The van der Waals surface area contributed by atoms with Gasteiger partial charge in [-0.1, -0.05) is 19.1 Å². The molecular formula is C9H13N. The van der Waals surface area contributed by atoms with Gasteiger partial charge in [0.25, 0.3) is 0 Å². The summed E-state index contributed by atoms with van der Waals surface area (Å²) >= 11 is 0. The first kappa shape index (κ1) is 7.34. The van der Waals surface area contributed by atoms with E-state index >= 15 is 0 Å². The number of nitrogens with zero attached hydrogens (tertiary/aromatic N) is 1. The molecule has 1 aliphatic carbocycles. The van der Waals surface area contributed by atoms with Crippen molar-refractivity contribution in [2.75, 3.05) is 0 Å². The van der Waals surface area contributed by atoms with Gasteiger partial charge in [0.1, 0.15) is 0 Å². The Morgan fingerprint density at radius 2 is 2.40 bits per heavy atom. The van der Waals surface area contributed by atoms with Crippen molar-refractivity contribution >= 4 is 0 Å². The number of nitriles is 1. The summed E-state index contributed by atoms with van der Waals surface area (Å²) < 4.78 is 0. The largest absolute Gasteiger partial charge is 0.198 e. The SMILES string of the molecule is C[C@@H]1C=CC[C@](C)(C#N)C1. The Balaban J connectivity index is 2.70. The number of allylic oxidation sites excluding steroid dienone is 2. The Hall–Kier alpha value is -0.770. The summed E-state index contributed by atoms with van der Waals surface area (Å²) in [6.45, 7) is 4.19. The van der Waals surface area contributed by atoms with Crippen LogP contribution in [0, 0.1) is 22.7 Å². The average Bonchev–Trinajstić information content (AvgIpc) is 1.88. The van der Waals surface area contributed by atoms with Crippen molar-refractivity contribution < 1.29 is 0 Å². The molecule has 2 atom stereocenters. The lowest BCUT2D eigenvalue weighted by Gasteiger charge is -2.26. The standard InChI is InChI=1S/C9H13N/c1-8-4-3-5-9(2,6-8)7-10/h3-4,8H,5-6H2,1-2H3/t8-,9+/m1/s1. The van der Waals surface area contributed by atoms with Crippen LogP contribution in [0.5, 0.6) is 0 Å². The minimum absolute atomic E-state index is 0.0891. The molecule has 0 saturated heterocycles. The third-order valence-electron chi connectivity index (χ3n) is 2.08. The molecule has 0 aromatic carbocycles. The monoisotopic (exact) mass is 135 g/mol. The lowest BCUT2D eigenvalue weighted by Crippen LogP contribution is -2.19. The van der Waals surface area contributed by atoms with Crippen molar-refractivity contribution in [3.63, 3.8) is 0 Å². The molecule has 54 valence electrons. The summed E-state index contributed by atoms with van der Waals surface area (Å²) in [6, 6.07) is 2.36. The molecule has 0 heterocycles. The molecule has 0 bridgehead atoms. The average molecular weight is 135 g/mol. The first-order chi connectivity index (χ1) is 4.66. The summed E-state index contributed by atoms with van der Waals surface area (Å²) in [5, 5.41) is 8.78. The van der Waals surface area contributed by atoms with Gasteiger partial charge in [-0.2, -0.15) is 5.26 Å². The van der Waals surface area contributed by atoms with Gasteiger partial charge >= 0.3 is 0 Å². The van der Waals surface area contributed by atoms with Gasteiger partial charge in [0.2, 0.25) is 0 Å². The van der Waals surface area contributed by atoms with E-state index in [2.05, 4.69) is 25.1 Å². The lowest BCUT2D eigenvalue weighted by atomic mass is 9.76. The van der Waals surface area contributed by atoms with Gasteiger partial charge in [0, 0.05) is 0 Å². The fourth-order valence-corrected chi connectivity index (χ4v) is 1.51. The Bertz CT molecular complexity index is 187. The second-order valence-electron chi connectivity index (χ2n) is 3.49. The Morgan fingerprint density at radius 1 is 1.70 bits per heavy atom. The first-order valence-electron chi connectivity index (χ1n) is 3.74. The maximum absolute atomic E-state index is 8.78. The minimum atomic E-state index is -0.0891. The Labute approximate surface area is 62.4 Å². The van der Waals surface area contributed by atoms with Gasteiger partial charge < -0.3 is 0 Å². The number of hydrogen-bond donors (Lipinski definition) is 0. The lowest BCUT2D eigenvalue weighted by molar-refractivity contribution is 0.347. The summed E-state index contributed by atoms with van der Waals surface area (Å²) in [4.78, 5) is 0. The molecule has 0 N–H and O–H groups in total. The van der Waals surface area contributed by atoms with E-state index in [4.69, 9.17) is 5.26 Å². The van der Waals surface area contributed by atoms with Crippen LogP contribution in [-0.2, 0) is 0 Å². The molecule has 1 nitrogen and oxygen atoms in total. The van der Waals surface area contributed by atoms with Gasteiger partial charge in [0.15, 0.2) is 0 Å². The highest BCUT2D eigenvalue weighted by molar-refractivity contribution is 5.08. The molecule has 0 aliphatic heterocycles. The third kappa shape index (κ3) is 1.39. The van der Waals surface area contributed by atoms with Gasteiger partial charge in [-0.3, -0.25) is 0 Å². The van der Waals surface area contributed by atoms with Crippen molar-refractivity contribution in [1.82, 2.24) is 0 Å². The van der Waals surface area contributed by atoms with Crippen molar-refractivity contribution in [2.24, 2.45) is 11.3 Å². The zero-order valence-electron chi connectivity index (χ0n) is 6.59. The van der Waals surface area contributed by atoms with E-state index in [9.17, 15) is 0 Å². The zero-order chi connectivity index (χ0) is 7.61. The normalized spacial score (nSPS) is 39.1. The molecule has 0 aromatic rings. The van der Waals surface area contributed by atoms with Crippen molar-refractivity contribution in [1.29, 1.82) is 5.26 Å². The van der Waals surface area contributed by atoms with Gasteiger partial charge in [-0.15, -0.1) is 0 Å². The predicted octanol–water partition coefficient (Wildman–Crippen LogP) is 2.50. The predicted molar refractivity (Wildman–Crippen MR) is 41.3 cm³/mol. The van der Waals surface area contributed by atoms with Crippen LogP contribution in [0.1, 0.15) is 26.7 Å². The van der Waals surface area contributed by atoms with Gasteiger partial charge in [-0.25, -0.2) is 0 Å². The van der Waals surface area contributed by atoms with Gasteiger partial charge in [0.05, 0.1) is 11.5 Å². The second-order valence-corrected chi connectivity index (χ2v) is 3.49. The third-order valence-corrected chi connectivity index (χ3v) is 2.08. The van der Waals surface area contributed by atoms with Crippen molar-refractivity contribution in [2.45, 2.75) is 26.7 Å². The highest BCUT2D eigenvalue weighted by Crippen LogP contribution is 2.33. The Kier molecular flexibility index (Phi) is 1.80. The molecule has 0 aromatic heterocycles. The molecule has 0 radical (unpaired) electrons. The summed E-state index contributed by atoms with van der Waals surface area (Å²) in [5.74, 6) is 0.582. The summed E-state index contributed by atoms with van der Waals surface area (Å²) in [7, 11) is 0. The highest BCUT2D eigenvalue weighted by Gasteiger charge is 2.26. The molecule has 0 fully saturated rings. The van der Waals surface area contributed by atoms with Crippen LogP contribution in [0.4, 0.5) is 0 Å². The van der Waals surface area contributed by atoms with E-state index < -0.39 is 0 Å². The zero-order valence-corrected chi connectivity index (χ0v) is 6.59. The van der Waals surface area contributed by atoms with Crippen LogP contribution in [-0.4, -0.2) is 0 Å². The fraction of sp³-hybridized carbons (Fsp3) is 0.667. The highest BCUT2D eigenvalue weighted by atomic mass is 14.4. The van der Waals surface area contributed by atoms with E-state index in [0.717, 1.165) is 12.8 Å². The quantitative estimate of drug-likeness (QED) is 0.468. The topological polar surface area (TPSA) is 23.8 Å². The smallest absolute Gasteiger partial charge is 0.0690 e. The maximum Gasteiger partial charge on any atom is 0.0690 e. The summed E-state index contributed by atoms with van der Waals surface area (Å²) in [6.07, 6.45) is 6.25. The van der Waals surface area contributed by atoms with Crippen LogP contribution < -0.4 is 0 Å². The van der Waals surface area contributed by atoms with E-state index in [1.165, 1.54) is 0 Å². The van der Waals surface area contributed by atoms with Crippen LogP contribution in [0.3, 0.4) is 0 Å². The maximum atomic E-state index is 8.78. The van der Waals surface area contributed by atoms with Crippen LogP contribution in [0.25, 0.3) is 0 Å². The van der Waals surface area contributed by atoms with Crippen LogP contribution in [0.2, 0.25) is 0 Å². The molecule has 1 rings (SSSR count). The molecular weight excluding hydrogens is 122 g/mol. The molecule has 1 aliphatic rings. The molecule has 10 heavy (non-hydrogen) atoms. The fourth-order valence-electron chi connectivity index (χ4n) is 1.51. The van der Waals surface area contributed by atoms with Crippen molar-refractivity contribution in [3.05, 3.63) is 12.2 Å². The first-order valence-corrected chi connectivity index (χ1v) is 3.74. The van der Waals surface area contributed by atoms with Gasteiger partial charge in [-0.05, 0) is 25.7 Å². The van der Waals surface area contributed by atoms with E-state index in [1.807, 2.05) is 6.92 Å². The van der Waals surface area contributed by atoms with E-state index in [-0.39, 0.29) is 5.41 Å². The van der Waals surface area contributed by atoms with Crippen LogP contribution in [0.15, 0.2) is 12.2 Å². The summed E-state index contributed by atoms with van der Waals surface area (Å²) in [5.41, 5.74) is -0.0891. The van der Waals surface area contributed by atoms with E-state index in [0.29, 0.717) is 5.92 Å².